The standard InChI is InChI=1S/C21H16F3NO2/c22-21(23,24)17-8-6-16(7-9-17)20(26)25-18-10-12-19(13-11-18)27-14-15-4-2-1-3-5-15/h1-13H,14H2,(H,25,26). The van der Waals surface area contributed by atoms with Crippen LogP contribution in [0.4, 0.5) is 18.9 Å². The van der Waals surface area contributed by atoms with Crippen LogP contribution < -0.4 is 10.1 Å². The van der Waals surface area contributed by atoms with Gasteiger partial charge in [-0.2, -0.15) is 13.2 Å². The molecule has 0 atom stereocenters. The highest BCUT2D eigenvalue weighted by atomic mass is 19.4. The number of nitrogens with one attached hydrogen (secondary N) is 1. The van der Waals surface area contributed by atoms with Gasteiger partial charge in [0.05, 0.1) is 5.56 Å². The Labute approximate surface area is 154 Å². The topological polar surface area (TPSA) is 38.3 Å². The fraction of sp³-hybridized carbons (Fsp3) is 0.0952. The molecular weight excluding hydrogens is 355 g/mol. The second-order valence-corrected chi connectivity index (χ2v) is 5.83. The van der Waals surface area contributed by atoms with E-state index in [1.54, 1.807) is 24.3 Å². The zero-order chi connectivity index (χ0) is 19.3. The van der Waals surface area contributed by atoms with Gasteiger partial charge in [0.1, 0.15) is 12.4 Å². The van der Waals surface area contributed by atoms with Crippen LogP contribution in [0.2, 0.25) is 0 Å². The molecule has 6 heteroatoms. The van der Waals surface area contributed by atoms with Gasteiger partial charge in [-0.1, -0.05) is 30.3 Å². The number of anilines is 1. The maximum Gasteiger partial charge on any atom is 0.416 e. The molecule has 3 aromatic carbocycles. The van der Waals surface area contributed by atoms with Crippen molar-refractivity contribution >= 4 is 11.6 Å². The van der Waals surface area contributed by atoms with E-state index in [0.29, 0.717) is 18.0 Å². The minimum Gasteiger partial charge on any atom is -0.489 e. The Kier molecular flexibility index (Phi) is 5.45. The van der Waals surface area contributed by atoms with Gasteiger partial charge in [0.25, 0.3) is 5.91 Å². The summed E-state index contributed by atoms with van der Waals surface area (Å²) < 4.78 is 43.4. The molecule has 0 bridgehead atoms. The summed E-state index contributed by atoms with van der Waals surface area (Å²) in [4.78, 5) is 12.1. The van der Waals surface area contributed by atoms with E-state index < -0.39 is 17.6 Å². The van der Waals surface area contributed by atoms with Crippen molar-refractivity contribution in [1.29, 1.82) is 0 Å². The Morgan fingerprint density at radius 3 is 2.07 bits per heavy atom. The Bertz CT molecular complexity index is 889. The zero-order valence-corrected chi connectivity index (χ0v) is 14.2. The van der Waals surface area contributed by atoms with Crippen LogP contribution in [0, 0.1) is 0 Å². The smallest absolute Gasteiger partial charge is 0.416 e. The van der Waals surface area contributed by atoms with Crippen LogP contribution in [0.5, 0.6) is 5.75 Å². The van der Waals surface area contributed by atoms with E-state index in [4.69, 9.17) is 4.74 Å². The van der Waals surface area contributed by atoms with Gasteiger partial charge >= 0.3 is 6.18 Å². The summed E-state index contributed by atoms with van der Waals surface area (Å²) in [5, 5.41) is 2.64. The second-order valence-electron chi connectivity index (χ2n) is 5.83. The Balaban J connectivity index is 1.58. The normalized spacial score (nSPS) is 11.1. The number of carbonyl (C=O) groups excluding carboxylic acids is 1. The van der Waals surface area contributed by atoms with Gasteiger partial charge in [-0.25, -0.2) is 0 Å². The average molecular weight is 371 g/mol. The summed E-state index contributed by atoms with van der Waals surface area (Å²) >= 11 is 0. The monoisotopic (exact) mass is 371 g/mol. The third-order valence-corrected chi connectivity index (χ3v) is 3.83. The fourth-order valence-corrected chi connectivity index (χ4v) is 2.39. The summed E-state index contributed by atoms with van der Waals surface area (Å²) in [6.45, 7) is 0.429. The number of carbonyl (C=O) groups is 1. The number of hydrogen-bond donors (Lipinski definition) is 1. The van der Waals surface area contributed by atoms with E-state index in [2.05, 4.69) is 5.32 Å². The largest absolute Gasteiger partial charge is 0.489 e. The molecule has 0 saturated carbocycles. The Hall–Kier alpha value is -3.28. The SMILES string of the molecule is O=C(Nc1ccc(OCc2ccccc2)cc1)c1ccc(C(F)(F)F)cc1. The number of alkyl halides is 3. The molecule has 3 aromatic rings. The van der Waals surface area contributed by atoms with Crippen molar-refractivity contribution in [2.45, 2.75) is 12.8 Å². The summed E-state index contributed by atoms with van der Waals surface area (Å²) in [5.74, 6) is 0.160. The average Bonchev–Trinajstić information content (AvgIpc) is 2.68. The second kappa shape index (κ2) is 7.95. The molecule has 0 heterocycles. The van der Waals surface area contributed by atoms with Crippen molar-refractivity contribution in [2.24, 2.45) is 0 Å². The molecule has 27 heavy (non-hydrogen) atoms. The first-order chi connectivity index (χ1) is 12.9. The summed E-state index contributed by atoms with van der Waals surface area (Å²) in [6, 6.07) is 20.5. The number of amides is 1. The Morgan fingerprint density at radius 1 is 0.852 bits per heavy atom. The van der Waals surface area contributed by atoms with Crippen LogP contribution in [0.25, 0.3) is 0 Å². The molecule has 0 fully saturated rings. The number of benzene rings is 3. The maximum absolute atomic E-state index is 12.6. The predicted octanol–water partition coefficient (Wildman–Crippen LogP) is 5.54. The lowest BCUT2D eigenvalue weighted by atomic mass is 10.1. The lowest BCUT2D eigenvalue weighted by molar-refractivity contribution is -0.137. The molecule has 0 aliphatic rings. The zero-order valence-electron chi connectivity index (χ0n) is 14.2. The highest BCUT2D eigenvalue weighted by Crippen LogP contribution is 2.29. The van der Waals surface area contributed by atoms with Gasteiger partial charge < -0.3 is 10.1 Å². The molecule has 0 aliphatic heterocycles. The molecule has 1 N–H and O–H groups in total. The van der Waals surface area contributed by atoms with E-state index in [1.807, 2.05) is 30.3 Å². The fourth-order valence-electron chi connectivity index (χ4n) is 2.39. The molecule has 0 saturated heterocycles. The minimum atomic E-state index is -4.43. The van der Waals surface area contributed by atoms with Crippen LogP contribution in [0.3, 0.4) is 0 Å². The molecular formula is C21H16F3NO2. The summed E-state index contributed by atoms with van der Waals surface area (Å²) in [6.07, 6.45) is -4.43. The van der Waals surface area contributed by atoms with E-state index in [1.165, 1.54) is 0 Å². The van der Waals surface area contributed by atoms with Crippen molar-refractivity contribution in [3.8, 4) is 5.75 Å². The highest BCUT2D eigenvalue weighted by molar-refractivity contribution is 6.04. The van der Waals surface area contributed by atoms with Crippen molar-refractivity contribution in [2.75, 3.05) is 5.32 Å². The summed E-state index contributed by atoms with van der Waals surface area (Å²) in [7, 11) is 0. The Morgan fingerprint density at radius 2 is 1.48 bits per heavy atom. The summed E-state index contributed by atoms with van der Waals surface area (Å²) in [5.41, 5.74) is 0.913. The van der Waals surface area contributed by atoms with E-state index in [-0.39, 0.29) is 5.56 Å². The third-order valence-electron chi connectivity index (χ3n) is 3.83. The van der Waals surface area contributed by atoms with Gasteiger partial charge in [0, 0.05) is 11.3 Å². The molecule has 0 radical (unpaired) electrons. The number of rotatable bonds is 5. The van der Waals surface area contributed by atoms with Gasteiger partial charge in [0.15, 0.2) is 0 Å². The van der Waals surface area contributed by atoms with Crippen molar-refractivity contribution in [1.82, 2.24) is 0 Å². The van der Waals surface area contributed by atoms with E-state index in [9.17, 15) is 18.0 Å². The molecule has 0 spiro atoms. The maximum atomic E-state index is 12.6. The molecule has 0 aromatic heterocycles. The van der Waals surface area contributed by atoms with Gasteiger partial charge in [-0.3, -0.25) is 4.79 Å². The number of ether oxygens (including phenoxy) is 1. The van der Waals surface area contributed by atoms with Crippen LogP contribution in [-0.2, 0) is 12.8 Å². The first kappa shape index (κ1) is 18.5. The first-order valence-corrected chi connectivity index (χ1v) is 8.17. The van der Waals surface area contributed by atoms with Gasteiger partial charge in [0.2, 0.25) is 0 Å². The third kappa shape index (κ3) is 5.10. The lowest BCUT2D eigenvalue weighted by Gasteiger charge is -2.10. The van der Waals surface area contributed by atoms with E-state index >= 15 is 0 Å². The quantitative estimate of drug-likeness (QED) is 0.640. The van der Waals surface area contributed by atoms with Crippen molar-refractivity contribution in [3.63, 3.8) is 0 Å². The molecule has 0 aliphatic carbocycles. The van der Waals surface area contributed by atoms with Crippen LogP contribution in [0.15, 0.2) is 78.9 Å². The van der Waals surface area contributed by atoms with Crippen LogP contribution in [0.1, 0.15) is 21.5 Å². The lowest BCUT2D eigenvalue weighted by Crippen LogP contribution is -2.12. The molecule has 138 valence electrons. The van der Waals surface area contributed by atoms with Gasteiger partial charge in [-0.05, 0) is 54.1 Å². The molecule has 0 unspecified atom stereocenters. The minimum absolute atomic E-state index is 0.146. The first-order valence-electron chi connectivity index (χ1n) is 8.17. The predicted molar refractivity (Wildman–Crippen MR) is 96.6 cm³/mol. The number of hydrogen-bond acceptors (Lipinski definition) is 2. The van der Waals surface area contributed by atoms with Crippen LogP contribution in [-0.4, -0.2) is 5.91 Å². The van der Waals surface area contributed by atoms with Gasteiger partial charge in [-0.15, -0.1) is 0 Å². The molecule has 3 nitrogen and oxygen atoms in total. The highest BCUT2D eigenvalue weighted by Gasteiger charge is 2.30. The van der Waals surface area contributed by atoms with Crippen LogP contribution >= 0.6 is 0 Å². The van der Waals surface area contributed by atoms with E-state index in [0.717, 1.165) is 29.8 Å². The molecule has 3 rings (SSSR count). The number of halogens is 3. The molecule has 1 amide bonds. The van der Waals surface area contributed by atoms with Crippen molar-refractivity contribution in [3.05, 3.63) is 95.6 Å². The van der Waals surface area contributed by atoms with Crippen molar-refractivity contribution < 1.29 is 22.7 Å².